The maximum atomic E-state index is 13.7. The number of fused-ring (bicyclic) bond motifs is 1. The molecular weight excluding hydrogens is 426 g/mol. The van der Waals surface area contributed by atoms with Gasteiger partial charge in [0.25, 0.3) is 0 Å². The molecule has 0 unspecified atom stereocenters. The molecule has 3 aromatic carbocycles. The van der Waals surface area contributed by atoms with Gasteiger partial charge in [-0.15, -0.1) is 0 Å². The number of esters is 1. The van der Waals surface area contributed by atoms with Crippen molar-refractivity contribution in [1.29, 1.82) is 0 Å². The van der Waals surface area contributed by atoms with Crippen molar-refractivity contribution >= 4 is 23.5 Å². The number of rotatable bonds is 5. The first-order valence-corrected chi connectivity index (χ1v) is 10.8. The topological polar surface area (TPSA) is 73.5 Å². The molecule has 0 atom stereocenters. The third-order valence-electron chi connectivity index (χ3n) is 5.61. The number of methoxy groups -OCH3 is 1. The Morgan fingerprint density at radius 3 is 2.12 bits per heavy atom. The first kappa shape index (κ1) is 21.3. The highest BCUT2D eigenvalue weighted by atomic mass is 16.5. The third kappa shape index (κ3) is 3.86. The van der Waals surface area contributed by atoms with E-state index in [4.69, 9.17) is 9.84 Å². The van der Waals surface area contributed by atoms with Crippen LogP contribution in [-0.2, 0) is 9.53 Å². The average Bonchev–Trinajstić information content (AvgIpc) is 3.17. The summed E-state index contributed by atoms with van der Waals surface area (Å²) in [5.41, 5.74) is 4.62. The molecule has 6 heteroatoms. The molecule has 5 rings (SSSR count). The van der Waals surface area contributed by atoms with E-state index >= 15 is 0 Å². The normalized spacial score (nSPS) is 12.7. The van der Waals surface area contributed by atoms with E-state index in [1.54, 1.807) is 22.9 Å². The second-order valence-electron chi connectivity index (χ2n) is 7.74. The number of ether oxygens (including phenoxy) is 1. The predicted molar refractivity (Wildman–Crippen MR) is 131 cm³/mol. The number of benzene rings is 3. The van der Waals surface area contributed by atoms with E-state index in [0.29, 0.717) is 22.4 Å². The Balaban J connectivity index is 1.82. The largest absolute Gasteiger partial charge is 0.466 e. The van der Waals surface area contributed by atoms with Crippen LogP contribution in [0.5, 0.6) is 0 Å². The number of carbonyl (C=O) groups excluding carboxylic acids is 2. The summed E-state index contributed by atoms with van der Waals surface area (Å²) in [6.45, 7) is 0.0243. The van der Waals surface area contributed by atoms with E-state index in [-0.39, 0.29) is 18.0 Å². The van der Waals surface area contributed by atoms with Crippen molar-refractivity contribution in [3.63, 3.8) is 0 Å². The van der Waals surface area contributed by atoms with Crippen molar-refractivity contribution < 1.29 is 14.3 Å². The number of nitrogens with zero attached hydrogens (tertiary/aromatic N) is 3. The molecule has 0 bridgehead atoms. The standard InChI is InChI=1S/C28H21N3O3/c1-34-28(33)21-17-23-24(25(29-18-21)27(32)20-13-7-3-8-14-20)26(19-11-5-2-6-12-19)31(30-23)22-15-9-4-10-16-22/h2-17H,18H2,1H3. The van der Waals surface area contributed by atoms with Gasteiger partial charge in [-0.05, 0) is 18.2 Å². The van der Waals surface area contributed by atoms with Crippen molar-refractivity contribution in [1.82, 2.24) is 9.78 Å². The Morgan fingerprint density at radius 2 is 1.47 bits per heavy atom. The van der Waals surface area contributed by atoms with Crippen LogP contribution >= 0.6 is 0 Å². The number of ketones is 1. The van der Waals surface area contributed by atoms with E-state index in [1.807, 2.05) is 78.9 Å². The summed E-state index contributed by atoms with van der Waals surface area (Å²) in [7, 11) is 1.33. The molecule has 166 valence electrons. The van der Waals surface area contributed by atoms with Crippen LogP contribution in [0.1, 0.15) is 21.6 Å². The van der Waals surface area contributed by atoms with Gasteiger partial charge >= 0.3 is 5.97 Å². The van der Waals surface area contributed by atoms with Crippen LogP contribution in [0.25, 0.3) is 23.0 Å². The summed E-state index contributed by atoms with van der Waals surface area (Å²) in [6, 6.07) is 28.4. The Kier molecular flexibility index (Phi) is 5.70. The van der Waals surface area contributed by atoms with Crippen LogP contribution < -0.4 is 0 Å². The van der Waals surface area contributed by atoms with E-state index in [0.717, 1.165) is 16.9 Å². The van der Waals surface area contributed by atoms with Crippen LogP contribution in [0.2, 0.25) is 0 Å². The number of Topliss-reactive ketones (excluding diaryl/α,β-unsaturated/α-hetero) is 1. The molecule has 0 saturated carbocycles. The van der Waals surface area contributed by atoms with Crippen molar-refractivity contribution in [3.05, 3.63) is 113 Å². The molecular formula is C28H21N3O3. The molecule has 4 aromatic rings. The molecule has 0 spiro atoms. The van der Waals surface area contributed by atoms with Crippen molar-refractivity contribution in [2.75, 3.05) is 13.7 Å². The van der Waals surface area contributed by atoms with Gasteiger partial charge in [-0.25, -0.2) is 9.48 Å². The Hall–Kier alpha value is -4.58. The van der Waals surface area contributed by atoms with E-state index in [1.165, 1.54) is 7.11 Å². The minimum absolute atomic E-state index is 0.0243. The van der Waals surface area contributed by atoms with Gasteiger partial charge in [0, 0.05) is 11.1 Å². The molecule has 0 N–H and O–H groups in total. The van der Waals surface area contributed by atoms with Crippen molar-refractivity contribution in [2.45, 2.75) is 0 Å². The number of hydrogen-bond acceptors (Lipinski definition) is 5. The van der Waals surface area contributed by atoms with Gasteiger partial charge in [-0.1, -0.05) is 78.9 Å². The average molecular weight is 447 g/mol. The summed E-state index contributed by atoms with van der Waals surface area (Å²) in [4.78, 5) is 30.7. The molecule has 0 fully saturated rings. The molecule has 0 saturated heterocycles. The monoisotopic (exact) mass is 447 g/mol. The lowest BCUT2D eigenvalue weighted by Gasteiger charge is -2.12. The van der Waals surface area contributed by atoms with E-state index < -0.39 is 5.97 Å². The highest BCUT2D eigenvalue weighted by Gasteiger charge is 2.30. The fourth-order valence-electron chi connectivity index (χ4n) is 4.01. The highest BCUT2D eigenvalue weighted by molar-refractivity contribution is 6.53. The molecule has 2 heterocycles. The van der Waals surface area contributed by atoms with Crippen molar-refractivity contribution in [3.8, 4) is 16.9 Å². The Labute approximate surface area is 196 Å². The zero-order chi connectivity index (χ0) is 23.5. The number of para-hydroxylation sites is 1. The van der Waals surface area contributed by atoms with Crippen LogP contribution in [0.15, 0.2) is 102 Å². The smallest absolute Gasteiger partial charge is 0.335 e. The summed E-state index contributed by atoms with van der Waals surface area (Å²) in [5.74, 6) is -0.732. The van der Waals surface area contributed by atoms with Crippen molar-refractivity contribution in [2.24, 2.45) is 4.99 Å². The van der Waals surface area contributed by atoms with Gasteiger partial charge in [-0.3, -0.25) is 9.79 Å². The summed E-state index contributed by atoms with van der Waals surface area (Å²) >= 11 is 0. The minimum atomic E-state index is -0.501. The lowest BCUT2D eigenvalue weighted by atomic mass is 9.95. The zero-order valence-corrected chi connectivity index (χ0v) is 18.5. The Bertz CT molecular complexity index is 1420. The van der Waals surface area contributed by atoms with Crippen LogP contribution in [-0.4, -0.2) is 40.9 Å². The second kappa shape index (κ2) is 9.11. The SMILES string of the molecule is COC(=O)C1=Cc2nn(-c3ccccc3)c(-c3ccccc3)c2C(C(=O)c2ccccc2)=NC1. The lowest BCUT2D eigenvalue weighted by Crippen LogP contribution is -2.18. The van der Waals surface area contributed by atoms with Gasteiger partial charge in [-0.2, -0.15) is 5.10 Å². The first-order valence-electron chi connectivity index (χ1n) is 10.8. The number of hydrogen-bond donors (Lipinski definition) is 0. The number of carbonyl (C=O) groups is 2. The molecule has 6 nitrogen and oxygen atoms in total. The van der Waals surface area contributed by atoms with Gasteiger partial charge in [0.05, 0.1) is 41.9 Å². The lowest BCUT2D eigenvalue weighted by molar-refractivity contribution is -0.136. The minimum Gasteiger partial charge on any atom is -0.466 e. The zero-order valence-electron chi connectivity index (χ0n) is 18.5. The molecule has 1 aliphatic heterocycles. The van der Waals surface area contributed by atoms with E-state index in [9.17, 15) is 9.59 Å². The van der Waals surface area contributed by atoms with Gasteiger partial charge in [0.15, 0.2) is 0 Å². The highest BCUT2D eigenvalue weighted by Crippen LogP contribution is 2.33. The Morgan fingerprint density at radius 1 is 0.853 bits per heavy atom. The molecule has 1 aromatic heterocycles. The number of aromatic nitrogens is 2. The molecule has 0 aliphatic carbocycles. The van der Waals surface area contributed by atoms with Crippen LogP contribution in [0, 0.1) is 0 Å². The van der Waals surface area contributed by atoms with E-state index in [2.05, 4.69) is 4.99 Å². The fraction of sp³-hybridized carbons (Fsp3) is 0.0714. The summed E-state index contributed by atoms with van der Waals surface area (Å²) in [6.07, 6.45) is 1.67. The molecule has 34 heavy (non-hydrogen) atoms. The third-order valence-corrected chi connectivity index (χ3v) is 5.61. The summed E-state index contributed by atoms with van der Waals surface area (Å²) < 4.78 is 6.75. The maximum absolute atomic E-state index is 13.7. The van der Waals surface area contributed by atoms with Crippen LogP contribution in [0.3, 0.4) is 0 Å². The predicted octanol–water partition coefficient (Wildman–Crippen LogP) is 4.78. The molecule has 0 amide bonds. The molecule has 0 radical (unpaired) electrons. The van der Waals surface area contributed by atoms with Gasteiger partial charge in [0.2, 0.25) is 5.78 Å². The molecule has 1 aliphatic rings. The summed E-state index contributed by atoms with van der Waals surface area (Å²) in [5, 5.41) is 4.85. The first-order chi connectivity index (χ1) is 16.7. The fourth-order valence-corrected chi connectivity index (χ4v) is 4.01. The second-order valence-corrected chi connectivity index (χ2v) is 7.74. The quantitative estimate of drug-likeness (QED) is 0.326. The van der Waals surface area contributed by atoms with Gasteiger partial charge in [0.1, 0.15) is 5.71 Å². The maximum Gasteiger partial charge on any atom is 0.335 e. The number of aliphatic imine (C=N–C) groups is 1. The van der Waals surface area contributed by atoms with Gasteiger partial charge < -0.3 is 4.74 Å². The van der Waals surface area contributed by atoms with Crippen LogP contribution in [0.4, 0.5) is 0 Å².